The minimum Gasteiger partial charge on any atom is -0.495 e. The molecule has 0 aromatic heterocycles. The van der Waals surface area contributed by atoms with Gasteiger partial charge in [0.15, 0.2) is 0 Å². The Morgan fingerprint density at radius 3 is 2.38 bits per heavy atom. The summed E-state index contributed by atoms with van der Waals surface area (Å²) in [5.41, 5.74) is 2.34. The number of hydrogen-bond donors (Lipinski definition) is 1. The monoisotopic (exact) mass is 625 g/mol. The largest absolute Gasteiger partial charge is 0.495 e. The topological polar surface area (TPSA) is 96.0 Å². The summed E-state index contributed by atoms with van der Waals surface area (Å²) in [6, 6.07) is 18.9. The average Bonchev–Trinajstić information content (AvgIpc) is 3.07. The van der Waals surface area contributed by atoms with Gasteiger partial charge in [-0.1, -0.05) is 60.1 Å². The van der Waals surface area contributed by atoms with Crippen LogP contribution in [0.4, 0.5) is 5.69 Å². The van der Waals surface area contributed by atoms with Crippen LogP contribution < -0.4 is 10.1 Å². The number of methoxy groups -OCH3 is 1. The Hall–Kier alpha value is -3.21. The Labute approximate surface area is 243 Å². The Morgan fingerprint density at radius 1 is 1.00 bits per heavy atom. The molecular weight excluding hydrogens is 594 g/mol. The fraction of sp³-hybridized carbons (Fsp3) is 0.333. The molecule has 3 atom stereocenters. The second-order valence-electron chi connectivity index (χ2n) is 10.7. The molecule has 0 radical (unpaired) electrons. The van der Waals surface area contributed by atoms with Gasteiger partial charge in [-0.3, -0.25) is 9.59 Å². The smallest absolute Gasteiger partial charge is 0.255 e. The van der Waals surface area contributed by atoms with Gasteiger partial charge in [0, 0.05) is 34.4 Å². The molecule has 3 aromatic carbocycles. The average molecular weight is 627 g/mol. The Kier molecular flexibility index (Phi) is 8.03. The van der Waals surface area contributed by atoms with Crippen molar-refractivity contribution >= 4 is 43.5 Å². The van der Waals surface area contributed by atoms with Gasteiger partial charge < -0.3 is 15.0 Å². The molecule has 3 aromatic rings. The van der Waals surface area contributed by atoms with Gasteiger partial charge in [-0.2, -0.15) is 4.31 Å². The van der Waals surface area contributed by atoms with Gasteiger partial charge in [0.05, 0.1) is 13.2 Å². The zero-order chi connectivity index (χ0) is 28.6. The lowest BCUT2D eigenvalue weighted by Gasteiger charge is -2.34. The van der Waals surface area contributed by atoms with E-state index in [-0.39, 0.29) is 40.5 Å². The molecule has 40 heavy (non-hydrogen) atoms. The van der Waals surface area contributed by atoms with Crippen LogP contribution in [0.25, 0.3) is 0 Å². The minimum atomic E-state index is -3.94. The summed E-state index contributed by atoms with van der Waals surface area (Å²) in [6.45, 7) is 4.68. The SMILES string of the molecule is COc1ccc(C(=O)N2CC(=O)Nc3ccc(Br)cc3C2c2ccccc2)cc1S(=O)(=O)N1CC(C)CC(C)C1. The lowest BCUT2D eigenvalue weighted by atomic mass is 9.94. The number of anilines is 1. The number of nitrogens with one attached hydrogen (secondary N) is 1. The maximum atomic E-state index is 14.2. The molecule has 0 spiro atoms. The molecular formula is C30H32BrN3O5S. The summed E-state index contributed by atoms with van der Waals surface area (Å²) in [7, 11) is -2.53. The molecule has 0 aliphatic carbocycles. The van der Waals surface area contributed by atoms with E-state index < -0.39 is 22.0 Å². The highest BCUT2D eigenvalue weighted by Gasteiger charge is 2.37. The van der Waals surface area contributed by atoms with Crippen LogP contribution in [0.2, 0.25) is 0 Å². The van der Waals surface area contributed by atoms with Gasteiger partial charge in [-0.15, -0.1) is 0 Å². The standard InChI is InChI=1S/C30H32BrN3O5S/c1-19-13-20(2)17-33(16-19)40(37,38)27-14-22(9-12-26(27)39-3)30(36)34-18-28(35)32-25-11-10-23(31)15-24(25)29(34)21-7-5-4-6-8-21/h4-12,14-15,19-20,29H,13,16-18H2,1-3H3,(H,32,35). The highest BCUT2D eigenvalue weighted by atomic mass is 79.9. The van der Waals surface area contributed by atoms with E-state index in [0.717, 1.165) is 22.0 Å². The van der Waals surface area contributed by atoms with Crippen molar-refractivity contribution in [3.63, 3.8) is 0 Å². The summed E-state index contributed by atoms with van der Waals surface area (Å²) in [5.74, 6) is -0.193. The Balaban J connectivity index is 1.60. The molecule has 0 bridgehead atoms. The minimum absolute atomic E-state index is 0.0548. The fourth-order valence-electron chi connectivity index (χ4n) is 5.78. The quantitative estimate of drug-likeness (QED) is 0.415. The third-order valence-corrected chi connectivity index (χ3v) is 9.79. The summed E-state index contributed by atoms with van der Waals surface area (Å²) < 4.78 is 35.4. The summed E-state index contributed by atoms with van der Waals surface area (Å²) >= 11 is 3.52. The summed E-state index contributed by atoms with van der Waals surface area (Å²) in [5, 5.41) is 2.91. The third kappa shape index (κ3) is 5.53. The molecule has 2 aliphatic rings. The van der Waals surface area contributed by atoms with Crippen molar-refractivity contribution in [2.75, 3.05) is 32.1 Å². The number of rotatable bonds is 5. The van der Waals surface area contributed by atoms with E-state index in [1.165, 1.54) is 28.4 Å². The maximum absolute atomic E-state index is 14.2. The molecule has 3 unspecified atom stereocenters. The van der Waals surface area contributed by atoms with E-state index in [4.69, 9.17) is 4.74 Å². The van der Waals surface area contributed by atoms with Gasteiger partial charge in [0.25, 0.3) is 5.91 Å². The predicted octanol–water partition coefficient (Wildman–Crippen LogP) is 5.31. The molecule has 1 saturated heterocycles. The van der Waals surface area contributed by atoms with Crippen molar-refractivity contribution in [2.45, 2.75) is 31.2 Å². The van der Waals surface area contributed by atoms with Crippen molar-refractivity contribution in [2.24, 2.45) is 11.8 Å². The first-order valence-electron chi connectivity index (χ1n) is 13.2. The van der Waals surface area contributed by atoms with Crippen LogP contribution in [0.1, 0.15) is 47.8 Å². The summed E-state index contributed by atoms with van der Waals surface area (Å²) in [4.78, 5) is 28.7. The van der Waals surface area contributed by atoms with Gasteiger partial charge >= 0.3 is 0 Å². The Bertz CT molecular complexity index is 1540. The van der Waals surface area contributed by atoms with Crippen molar-refractivity contribution in [3.8, 4) is 5.75 Å². The first-order valence-corrected chi connectivity index (χ1v) is 15.4. The summed E-state index contributed by atoms with van der Waals surface area (Å²) in [6.07, 6.45) is 0.956. The number of sulfonamides is 1. The predicted molar refractivity (Wildman–Crippen MR) is 157 cm³/mol. The van der Waals surface area contributed by atoms with Gasteiger partial charge in [-0.25, -0.2) is 8.42 Å². The first kappa shape index (κ1) is 28.3. The number of carbonyl (C=O) groups excluding carboxylic acids is 2. The molecule has 210 valence electrons. The van der Waals surface area contributed by atoms with E-state index in [0.29, 0.717) is 18.8 Å². The highest BCUT2D eigenvalue weighted by molar-refractivity contribution is 9.10. The number of hydrogen-bond acceptors (Lipinski definition) is 5. The van der Waals surface area contributed by atoms with Crippen LogP contribution in [-0.4, -0.2) is 56.2 Å². The van der Waals surface area contributed by atoms with E-state index in [2.05, 4.69) is 21.2 Å². The number of fused-ring (bicyclic) bond motifs is 1. The van der Waals surface area contributed by atoms with Crippen LogP contribution >= 0.6 is 15.9 Å². The van der Waals surface area contributed by atoms with Crippen molar-refractivity contribution in [1.82, 2.24) is 9.21 Å². The number of piperidine rings is 1. The molecule has 10 heteroatoms. The third-order valence-electron chi connectivity index (χ3n) is 7.45. The normalized spacial score (nSPS) is 21.8. The zero-order valence-corrected chi connectivity index (χ0v) is 25.0. The lowest BCUT2D eigenvalue weighted by molar-refractivity contribution is -0.117. The van der Waals surface area contributed by atoms with Gasteiger partial charge in [0.2, 0.25) is 15.9 Å². The molecule has 2 aliphatic heterocycles. The van der Waals surface area contributed by atoms with Crippen LogP contribution in [0.5, 0.6) is 5.75 Å². The van der Waals surface area contributed by atoms with Crippen LogP contribution in [0.3, 0.4) is 0 Å². The fourth-order valence-corrected chi connectivity index (χ4v) is 8.02. The number of carbonyl (C=O) groups is 2. The van der Waals surface area contributed by atoms with E-state index >= 15 is 0 Å². The second-order valence-corrected chi connectivity index (χ2v) is 13.5. The molecule has 0 saturated carbocycles. The van der Waals surface area contributed by atoms with E-state index in [1.807, 2.05) is 56.3 Å². The molecule has 2 amide bonds. The number of benzene rings is 3. The molecule has 1 N–H and O–H groups in total. The number of nitrogens with zero attached hydrogens (tertiary/aromatic N) is 2. The Morgan fingerprint density at radius 2 is 1.70 bits per heavy atom. The highest BCUT2D eigenvalue weighted by Crippen LogP contribution is 2.39. The van der Waals surface area contributed by atoms with Crippen molar-refractivity contribution in [1.29, 1.82) is 0 Å². The zero-order valence-electron chi connectivity index (χ0n) is 22.6. The van der Waals surface area contributed by atoms with Crippen molar-refractivity contribution in [3.05, 3.63) is 87.9 Å². The lowest BCUT2D eigenvalue weighted by Crippen LogP contribution is -2.42. The first-order chi connectivity index (χ1) is 19.1. The number of ether oxygens (including phenoxy) is 1. The number of halogens is 1. The van der Waals surface area contributed by atoms with Gasteiger partial charge in [0.1, 0.15) is 17.2 Å². The van der Waals surface area contributed by atoms with Gasteiger partial charge in [-0.05, 0) is 60.2 Å². The molecule has 2 heterocycles. The van der Waals surface area contributed by atoms with Crippen LogP contribution in [0, 0.1) is 11.8 Å². The van der Waals surface area contributed by atoms with Crippen LogP contribution in [-0.2, 0) is 14.8 Å². The molecule has 8 nitrogen and oxygen atoms in total. The molecule has 5 rings (SSSR count). The maximum Gasteiger partial charge on any atom is 0.255 e. The molecule has 1 fully saturated rings. The number of amides is 2. The van der Waals surface area contributed by atoms with Crippen molar-refractivity contribution < 1.29 is 22.7 Å². The van der Waals surface area contributed by atoms with E-state index in [9.17, 15) is 18.0 Å². The van der Waals surface area contributed by atoms with E-state index in [1.54, 1.807) is 12.1 Å². The second kappa shape index (κ2) is 11.3. The van der Waals surface area contributed by atoms with Crippen LogP contribution in [0.15, 0.2) is 76.1 Å².